The zero-order valence-electron chi connectivity index (χ0n) is 5.51. The van der Waals surface area contributed by atoms with Gasteiger partial charge in [0, 0.05) is 12.6 Å². The zero-order valence-corrected chi connectivity index (χ0v) is 5.51. The van der Waals surface area contributed by atoms with Crippen molar-refractivity contribution in [3.63, 3.8) is 0 Å². The molecule has 1 aliphatic carbocycles. The molecule has 1 aliphatic heterocycles. The lowest BCUT2D eigenvalue weighted by atomic mass is 9.96. The molecule has 3 atom stereocenters. The van der Waals surface area contributed by atoms with E-state index in [9.17, 15) is 0 Å². The monoisotopic (exact) mass is 127 g/mol. The average Bonchev–Trinajstić information content (AvgIpc) is 2.10. The largest absolute Gasteiger partial charge is 0.396 e. The molecule has 2 fully saturated rings. The molecule has 2 heteroatoms. The van der Waals surface area contributed by atoms with Gasteiger partial charge in [-0.2, -0.15) is 0 Å². The first kappa shape index (κ1) is 5.69. The number of hydrogen-bond donors (Lipinski definition) is 2. The van der Waals surface area contributed by atoms with Crippen LogP contribution in [0.2, 0.25) is 0 Å². The van der Waals surface area contributed by atoms with Crippen molar-refractivity contribution < 1.29 is 5.11 Å². The molecule has 0 aromatic rings. The molecule has 0 radical (unpaired) electrons. The van der Waals surface area contributed by atoms with Crippen LogP contribution < -0.4 is 5.32 Å². The molecule has 0 bridgehead atoms. The van der Waals surface area contributed by atoms with Crippen molar-refractivity contribution in [3.8, 4) is 0 Å². The normalized spacial score (nSPS) is 48.3. The highest BCUT2D eigenvalue weighted by atomic mass is 16.3. The van der Waals surface area contributed by atoms with Gasteiger partial charge in [-0.15, -0.1) is 0 Å². The van der Waals surface area contributed by atoms with Gasteiger partial charge < -0.3 is 10.4 Å². The van der Waals surface area contributed by atoms with Crippen LogP contribution >= 0.6 is 0 Å². The maximum atomic E-state index is 8.80. The first-order chi connectivity index (χ1) is 4.40. The van der Waals surface area contributed by atoms with E-state index in [0.717, 1.165) is 12.0 Å². The summed E-state index contributed by atoms with van der Waals surface area (Å²) in [6.45, 7) is 1.59. The Morgan fingerprint density at radius 2 is 2.33 bits per heavy atom. The Balaban J connectivity index is 1.91. The number of nitrogens with one attached hydrogen (secondary N) is 1. The van der Waals surface area contributed by atoms with E-state index in [1.165, 1.54) is 19.4 Å². The third kappa shape index (κ3) is 0.775. The minimum absolute atomic E-state index is 0.398. The van der Waals surface area contributed by atoms with Crippen molar-refractivity contribution in [1.29, 1.82) is 0 Å². The molecule has 1 saturated heterocycles. The van der Waals surface area contributed by atoms with Gasteiger partial charge in [-0.3, -0.25) is 0 Å². The molecule has 2 rings (SSSR count). The first-order valence-corrected chi connectivity index (χ1v) is 3.74. The molecule has 0 unspecified atom stereocenters. The second kappa shape index (κ2) is 1.96. The van der Waals surface area contributed by atoms with Crippen molar-refractivity contribution in [3.05, 3.63) is 0 Å². The minimum atomic E-state index is 0.398. The van der Waals surface area contributed by atoms with Crippen LogP contribution in [0.15, 0.2) is 0 Å². The smallest absolute Gasteiger partial charge is 0.0459 e. The molecule has 0 aromatic carbocycles. The van der Waals surface area contributed by atoms with E-state index in [2.05, 4.69) is 5.32 Å². The van der Waals surface area contributed by atoms with Gasteiger partial charge in [-0.1, -0.05) is 0 Å². The molecular weight excluding hydrogens is 114 g/mol. The summed E-state index contributed by atoms with van der Waals surface area (Å²) in [5.41, 5.74) is 0. The maximum Gasteiger partial charge on any atom is 0.0459 e. The van der Waals surface area contributed by atoms with E-state index >= 15 is 0 Å². The van der Waals surface area contributed by atoms with Crippen LogP contribution in [0.4, 0.5) is 0 Å². The van der Waals surface area contributed by atoms with Crippen LogP contribution in [-0.2, 0) is 0 Å². The lowest BCUT2D eigenvalue weighted by Crippen LogP contribution is -2.49. The molecule has 1 saturated carbocycles. The highest BCUT2D eigenvalue weighted by molar-refractivity contribution is 4.96. The molecule has 0 spiro atoms. The van der Waals surface area contributed by atoms with Gasteiger partial charge in [0.2, 0.25) is 0 Å². The Morgan fingerprint density at radius 1 is 1.44 bits per heavy atom. The van der Waals surface area contributed by atoms with Gasteiger partial charge in [0.05, 0.1) is 0 Å². The minimum Gasteiger partial charge on any atom is -0.396 e. The number of aliphatic hydroxyl groups is 1. The van der Waals surface area contributed by atoms with Gasteiger partial charge in [-0.05, 0) is 31.2 Å². The highest BCUT2D eigenvalue weighted by Crippen LogP contribution is 2.35. The van der Waals surface area contributed by atoms with Crippen LogP contribution in [0.25, 0.3) is 0 Å². The first-order valence-electron chi connectivity index (χ1n) is 3.74. The summed E-state index contributed by atoms with van der Waals surface area (Å²) in [5.74, 6) is 1.51. The number of fused-ring (bicyclic) bond motifs is 1. The van der Waals surface area contributed by atoms with E-state index in [0.29, 0.717) is 12.5 Å². The Morgan fingerprint density at radius 3 is 2.67 bits per heavy atom. The number of rotatable bonds is 1. The van der Waals surface area contributed by atoms with E-state index < -0.39 is 0 Å². The summed E-state index contributed by atoms with van der Waals surface area (Å²) in [6.07, 6.45) is 2.47. The van der Waals surface area contributed by atoms with Crippen molar-refractivity contribution in [1.82, 2.24) is 5.32 Å². The second-order valence-electron chi connectivity index (χ2n) is 3.29. The molecule has 2 nitrogen and oxygen atoms in total. The topological polar surface area (TPSA) is 32.3 Å². The Hall–Kier alpha value is -0.0800. The van der Waals surface area contributed by atoms with Gasteiger partial charge >= 0.3 is 0 Å². The molecule has 9 heavy (non-hydrogen) atoms. The number of aliphatic hydroxyl groups excluding tert-OH is 1. The Labute approximate surface area is 55.3 Å². The van der Waals surface area contributed by atoms with Crippen LogP contribution in [0.1, 0.15) is 12.8 Å². The van der Waals surface area contributed by atoms with Crippen molar-refractivity contribution in [2.45, 2.75) is 18.9 Å². The summed E-state index contributed by atoms with van der Waals surface area (Å²) in [7, 11) is 0. The standard InChI is InChI=1S/C7H13NO/c9-4-5-1-6-3-8-7(6)2-5/h5-9H,1-4H2/t5-,6+,7+/m0/s1. The van der Waals surface area contributed by atoms with Crippen molar-refractivity contribution in [2.75, 3.05) is 13.2 Å². The zero-order chi connectivity index (χ0) is 6.27. The van der Waals surface area contributed by atoms with E-state index in [-0.39, 0.29) is 0 Å². The predicted molar refractivity (Wildman–Crippen MR) is 35.1 cm³/mol. The van der Waals surface area contributed by atoms with Gasteiger partial charge in [0.15, 0.2) is 0 Å². The van der Waals surface area contributed by atoms with Crippen LogP contribution in [0, 0.1) is 11.8 Å². The average molecular weight is 127 g/mol. The summed E-state index contributed by atoms with van der Waals surface area (Å²) < 4.78 is 0. The summed E-state index contributed by atoms with van der Waals surface area (Å²) in [6, 6.07) is 0.766. The van der Waals surface area contributed by atoms with Crippen LogP contribution in [-0.4, -0.2) is 24.3 Å². The maximum absolute atomic E-state index is 8.80. The number of hydrogen-bond acceptors (Lipinski definition) is 2. The summed E-state index contributed by atoms with van der Waals surface area (Å²) in [4.78, 5) is 0. The Kier molecular flexibility index (Phi) is 1.24. The summed E-state index contributed by atoms with van der Waals surface area (Å²) >= 11 is 0. The van der Waals surface area contributed by atoms with E-state index in [1.54, 1.807) is 0 Å². The van der Waals surface area contributed by atoms with Gasteiger partial charge in [0.25, 0.3) is 0 Å². The molecule has 2 aliphatic rings. The van der Waals surface area contributed by atoms with E-state index in [1.807, 2.05) is 0 Å². The Bertz CT molecular complexity index is 103. The second-order valence-corrected chi connectivity index (χ2v) is 3.29. The fourth-order valence-corrected chi connectivity index (χ4v) is 2.01. The molecular formula is C7H13NO. The van der Waals surface area contributed by atoms with Crippen LogP contribution in [0.3, 0.4) is 0 Å². The third-order valence-corrected chi connectivity index (χ3v) is 2.69. The van der Waals surface area contributed by atoms with Gasteiger partial charge in [-0.25, -0.2) is 0 Å². The fourth-order valence-electron chi connectivity index (χ4n) is 2.01. The molecule has 52 valence electrons. The highest BCUT2D eigenvalue weighted by Gasteiger charge is 2.39. The predicted octanol–water partition coefficient (Wildman–Crippen LogP) is -0.0233. The molecule has 2 N–H and O–H groups in total. The molecule has 0 amide bonds. The van der Waals surface area contributed by atoms with Crippen LogP contribution in [0.5, 0.6) is 0 Å². The SMILES string of the molecule is OC[C@H]1C[C@@H]2CN[C@@H]2C1. The third-order valence-electron chi connectivity index (χ3n) is 2.69. The van der Waals surface area contributed by atoms with E-state index in [4.69, 9.17) is 5.11 Å². The summed E-state index contributed by atoms with van der Waals surface area (Å²) in [5, 5.41) is 12.2. The van der Waals surface area contributed by atoms with Crippen molar-refractivity contribution in [2.24, 2.45) is 11.8 Å². The fraction of sp³-hybridized carbons (Fsp3) is 1.00. The van der Waals surface area contributed by atoms with Gasteiger partial charge in [0.1, 0.15) is 0 Å². The lowest BCUT2D eigenvalue weighted by Gasteiger charge is -2.31. The lowest BCUT2D eigenvalue weighted by molar-refractivity contribution is 0.227. The quantitative estimate of drug-likeness (QED) is 0.518. The molecule has 0 aromatic heterocycles. The molecule has 1 heterocycles. The van der Waals surface area contributed by atoms with Crippen molar-refractivity contribution >= 4 is 0 Å².